The molecule has 1 aliphatic heterocycles. The molecule has 1 atom stereocenters. The molecule has 0 amide bonds. The van der Waals surface area contributed by atoms with Crippen LogP contribution in [-0.2, 0) is 0 Å². The van der Waals surface area contributed by atoms with Crippen LogP contribution >= 0.6 is 0 Å². The molecule has 0 bridgehead atoms. The topological polar surface area (TPSA) is 76.3 Å². The van der Waals surface area contributed by atoms with Crippen molar-refractivity contribution in [2.75, 3.05) is 25.1 Å². The second-order valence-corrected chi connectivity index (χ2v) is 8.76. The Kier molecular flexibility index (Phi) is 4.94. The summed E-state index contributed by atoms with van der Waals surface area (Å²) in [6.07, 6.45) is 1.11. The molecule has 154 valence electrons. The zero-order valence-electron chi connectivity index (χ0n) is 18.0. The van der Waals surface area contributed by atoms with Crippen molar-refractivity contribution in [2.45, 2.75) is 52.6 Å². The first-order valence-electron chi connectivity index (χ1n) is 10.1. The van der Waals surface area contributed by atoms with Gasteiger partial charge in [-0.05, 0) is 46.2 Å². The van der Waals surface area contributed by atoms with E-state index < -0.39 is 0 Å². The highest BCUT2D eigenvalue weighted by Gasteiger charge is 2.27. The molecule has 0 aliphatic carbocycles. The molecule has 29 heavy (non-hydrogen) atoms. The van der Waals surface area contributed by atoms with Crippen LogP contribution in [0.5, 0.6) is 5.75 Å². The molecule has 2 aromatic heterocycles. The molecule has 1 fully saturated rings. The van der Waals surface area contributed by atoms with Crippen LogP contribution in [-0.4, -0.2) is 47.0 Å². The molecule has 1 N–H and O–H groups in total. The zero-order chi connectivity index (χ0) is 20.8. The van der Waals surface area contributed by atoms with Gasteiger partial charge in [-0.2, -0.15) is 0 Å². The molecular weight excluding hydrogens is 366 g/mol. The van der Waals surface area contributed by atoms with Crippen molar-refractivity contribution < 1.29 is 9.15 Å². The second-order valence-electron chi connectivity index (χ2n) is 8.76. The summed E-state index contributed by atoms with van der Waals surface area (Å²) in [5, 5.41) is 12.7. The van der Waals surface area contributed by atoms with E-state index in [9.17, 15) is 0 Å². The molecule has 1 aromatic carbocycles. The predicted octanol–water partition coefficient (Wildman–Crippen LogP) is 3.88. The lowest BCUT2D eigenvalue weighted by Crippen LogP contribution is -2.45. The van der Waals surface area contributed by atoms with Crippen LogP contribution in [0, 0.1) is 13.8 Å². The molecular formula is C22H29N5O2. The van der Waals surface area contributed by atoms with Gasteiger partial charge in [0.05, 0.1) is 18.4 Å². The first kappa shape index (κ1) is 19.6. The fourth-order valence-electron chi connectivity index (χ4n) is 4.11. The Labute approximate surface area is 171 Å². The van der Waals surface area contributed by atoms with Crippen molar-refractivity contribution in [2.24, 2.45) is 0 Å². The van der Waals surface area contributed by atoms with Crippen LogP contribution in [0.25, 0.3) is 22.4 Å². The van der Waals surface area contributed by atoms with Gasteiger partial charge in [0.25, 0.3) is 0 Å². The minimum Gasteiger partial charge on any atom is -0.496 e. The smallest absolute Gasteiger partial charge is 0.192 e. The normalized spacial score (nSPS) is 17.3. The SMILES string of the molecule is COc1cc2nc(C)oc2c(C)c1-c1ccc(N2CCC(NC(C)(C)C)C2)nn1. The molecule has 0 radical (unpaired) electrons. The molecule has 4 rings (SSSR count). The Bertz CT molecular complexity index is 1020. The number of nitrogens with one attached hydrogen (secondary N) is 1. The minimum atomic E-state index is 0.113. The summed E-state index contributed by atoms with van der Waals surface area (Å²) in [4.78, 5) is 6.71. The van der Waals surface area contributed by atoms with Crippen molar-refractivity contribution in [3.63, 3.8) is 0 Å². The quantitative estimate of drug-likeness (QED) is 0.718. The molecule has 7 nitrogen and oxygen atoms in total. The maximum Gasteiger partial charge on any atom is 0.192 e. The lowest BCUT2D eigenvalue weighted by molar-refractivity contribution is 0.373. The summed E-state index contributed by atoms with van der Waals surface area (Å²) >= 11 is 0. The molecule has 1 saturated heterocycles. The summed E-state index contributed by atoms with van der Waals surface area (Å²) in [5.74, 6) is 2.26. The van der Waals surface area contributed by atoms with Gasteiger partial charge in [-0.3, -0.25) is 0 Å². The van der Waals surface area contributed by atoms with Gasteiger partial charge in [0.1, 0.15) is 11.3 Å². The van der Waals surface area contributed by atoms with E-state index in [1.165, 1.54) is 0 Å². The first-order chi connectivity index (χ1) is 13.7. The van der Waals surface area contributed by atoms with Crippen molar-refractivity contribution in [3.8, 4) is 17.0 Å². The van der Waals surface area contributed by atoms with E-state index in [2.05, 4.69) is 46.2 Å². The highest BCUT2D eigenvalue weighted by molar-refractivity contribution is 5.88. The van der Waals surface area contributed by atoms with Crippen LogP contribution in [0.4, 0.5) is 5.82 Å². The van der Waals surface area contributed by atoms with Gasteiger partial charge >= 0.3 is 0 Å². The van der Waals surface area contributed by atoms with Crippen molar-refractivity contribution in [1.29, 1.82) is 0 Å². The van der Waals surface area contributed by atoms with E-state index in [0.717, 1.165) is 59.0 Å². The number of ether oxygens (including phenoxy) is 1. The van der Waals surface area contributed by atoms with Gasteiger partial charge in [0.2, 0.25) is 0 Å². The average Bonchev–Trinajstić information content (AvgIpc) is 3.26. The number of anilines is 1. The number of hydrogen-bond acceptors (Lipinski definition) is 7. The molecule has 0 saturated carbocycles. The predicted molar refractivity (Wildman–Crippen MR) is 115 cm³/mol. The van der Waals surface area contributed by atoms with Crippen molar-refractivity contribution in [3.05, 3.63) is 29.7 Å². The van der Waals surface area contributed by atoms with Crippen LogP contribution < -0.4 is 15.0 Å². The van der Waals surface area contributed by atoms with E-state index in [4.69, 9.17) is 9.15 Å². The minimum absolute atomic E-state index is 0.113. The Morgan fingerprint density at radius 3 is 2.66 bits per heavy atom. The lowest BCUT2D eigenvalue weighted by Gasteiger charge is -2.26. The van der Waals surface area contributed by atoms with Gasteiger partial charge in [-0.25, -0.2) is 4.98 Å². The Morgan fingerprint density at radius 2 is 2.00 bits per heavy atom. The van der Waals surface area contributed by atoms with Gasteiger partial charge in [0, 0.05) is 43.2 Å². The third-order valence-corrected chi connectivity index (χ3v) is 5.27. The maximum atomic E-state index is 5.79. The molecule has 3 aromatic rings. The number of nitrogens with zero attached hydrogens (tertiary/aromatic N) is 4. The van der Waals surface area contributed by atoms with Gasteiger partial charge in [-0.15, -0.1) is 10.2 Å². The largest absolute Gasteiger partial charge is 0.496 e. The summed E-state index contributed by atoms with van der Waals surface area (Å²) in [6.45, 7) is 12.4. The zero-order valence-corrected chi connectivity index (χ0v) is 18.0. The number of fused-ring (bicyclic) bond motifs is 1. The van der Waals surface area contributed by atoms with Crippen LogP contribution in [0.3, 0.4) is 0 Å². The fourth-order valence-corrected chi connectivity index (χ4v) is 4.11. The molecule has 1 unspecified atom stereocenters. The van der Waals surface area contributed by atoms with E-state index in [1.54, 1.807) is 7.11 Å². The Balaban J connectivity index is 1.61. The number of rotatable bonds is 4. The first-order valence-corrected chi connectivity index (χ1v) is 10.1. The van der Waals surface area contributed by atoms with Crippen LogP contribution in [0.1, 0.15) is 38.6 Å². The number of aromatic nitrogens is 3. The highest BCUT2D eigenvalue weighted by Crippen LogP contribution is 2.37. The molecule has 0 spiro atoms. The molecule has 7 heteroatoms. The van der Waals surface area contributed by atoms with Crippen molar-refractivity contribution >= 4 is 16.9 Å². The second kappa shape index (κ2) is 7.30. The lowest BCUT2D eigenvalue weighted by atomic mass is 10.0. The van der Waals surface area contributed by atoms with E-state index >= 15 is 0 Å². The number of benzene rings is 1. The Hall–Kier alpha value is -2.67. The van der Waals surface area contributed by atoms with Crippen molar-refractivity contribution in [1.82, 2.24) is 20.5 Å². The van der Waals surface area contributed by atoms with E-state index in [-0.39, 0.29) is 5.54 Å². The third kappa shape index (κ3) is 3.92. The Morgan fingerprint density at radius 1 is 1.21 bits per heavy atom. The number of aryl methyl sites for hydroxylation is 2. The summed E-state index contributed by atoms with van der Waals surface area (Å²) in [6, 6.07) is 6.41. The van der Waals surface area contributed by atoms with Gasteiger partial charge < -0.3 is 19.4 Å². The van der Waals surface area contributed by atoms with Crippen LogP contribution in [0.2, 0.25) is 0 Å². The van der Waals surface area contributed by atoms with E-state index in [1.807, 2.05) is 32.0 Å². The number of hydrogen-bond donors (Lipinski definition) is 1. The van der Waals surface area contributed by atoms with Crippen LogP contribution in [0.15, 0.2) is 22.6 Å². The van der Waals surface area contributed by atoms with Gasteiger partial charge in [-0.1, -0.05) is 0 Å². The molecule has 1 aliphatic rings. The molecule has 3 heterocycles. The summed E-state index contributed by atoms with van der Waals surface area (Å²) in [5.41, 5.74) is 4.28. The van der Waals surface area contributed by atoms with Gasteiger partial charge in [0.15, 0.2) is 17.3 Å². The van der Waals surface area contributed by atoms with E-state index in [0.29, 0.717) is 11.9 Å². The number of oxazole rings is 1. The maximum absolute atomic E-state index is 5.79. The third-order valence-electron chi connectivity index (χ3n) is 5.27. The standard InChI is InChI=1S/C22H29N5O2/c1-13-20(18(28-6)11-17-21(13)29-14(2)23-17)16-7-8-19(26-25-16)27-10-9-15(12-27)24-22(3,4)5/h7-8,11,15,24H,9-10,12H2,1-6H3. The monoisotopic (exact) mass is 395 g/mol. The summed E-state index contributed by atoms with van der Waals surface area (Å²) in [7, 11) is 1.66. The summed E-state index contributed by atoms with van der Waals surface area (Å²) < 4.78 is 11.4. The average molecular weight is 396 g/mol. The fraction of sp³-hybridized carbons (Fsp3) is 0.500. The highest BCUT2D eigenvalue weighted by atomic mass is 16.5. The number of methoxy groups -OCH3 is 1.